The van der Waals surface area contributed by atoms with Crippen molar-refractivity contribution in [2.45, 2.75) is 31.1 Å². The summed E-state index contributed by atoms with van der Waals surface area (Å²) >= 11 is 5.68. The molecule has 14 heavy (non-hydrogen) atoms. The van der Waals surface area contributed by atoms with Gasteiger partial charge in [-0.15, -0.1) is 11.6 Å². The minimum atomic E-state index is 0.0303. The summed E-state index contributed by atoms with van der Waals surface area (Å²) in [5.41, 5.74) is 0.845. The van der Waals surface area contributed by atoms with Gasteiger partial charge in [-0.3, -0.25) is 0 Å². The Morgan fingerprint density at radius 3 is 2.79 bits per heavy atom. The molecule has 0 saturated carbocycles. The van der Waals surface area contributed by atoms with Gasteiger partial charge in [0, 0.05) is 18.6 Å². The Hall–Kier alpha value is -0.540. The molecule has 78 valence electrons. The van der Waals surface area contributed by atoms with E-state index in [0.717, 1.165) is 37.6 Å². The summed E-state index contributed by atoms with van der Waals surface area (Å²) in [5.74, 6) is 1.22. The van der Waals surface area contributed by atoms with E-state index in [2.05, 4.69) is 11.9 Å². The van der Waals surface area contributed by atoms with Crippen molar-refractivity contribution >= 4 is 11.6 Å². The van der Waals surface area contributed by atoms with Crippen molar-refractivity contribution in [3.05, 3.63) is 17.8 Å². The van der Waals surface area contributed by atoms with Gasteiger partial charge in [0.1, 0.15) is 6.26 Å². The third-order valence-electron chi connectivity index (χ3n) is 2.80. The predicted molar refractivity (Wildman–Crippen MR) is 53.5 cm³/mol. The van der Waals surface area contributed by atoms with E-state index in [1.54, 1.807) is 6.26 Å². The van der Waals surface area contributed by atoms with E-state index in [9.17, 15) is 0 Å². The molecule has 1 aliphatic heterocycles. The Morgan fingerprint density at radius 2 is 2.21 bits per heavy atom. The van der Waals surface area contributed by atoms with E-state index < -0.39 is 0 Å². The second kappa shape index (κ2) is 3.91. The lowest BCUT2D eigenvalue weighted by atomic mass is 9.82. The Morgan fingerprint density at radius 1 is 1.50 bits per heavy atom. The van der Waals surface area contributed by atoms with Gasteiger partial charge in [-0.05, 0) is 12.8 Å². The van der Waals surface area contributed by atoms with E-state index in [0.29, 0.717) is 5.88 Å². The first-order chi connectivity index (χ1) is 6.74. The molecule has 3 nitrogen and oxygen atoms in total. The zero-order valence-electron chi connectivity index (χ0n) is 8.25. The van der Waals surface area contributed by atoms with Crippen molar-refractivity contribution in [1.29, 1.82) is 0 Å². The number of nitrogens with zero attached hydrogens (tertiary/aromatic N) is 1. The molecule has 0 bridgehead atoms. The zero-order valence-corrected chi connectivity index (χ0v) is 9.01. The second-order valence-electron chi connectivity index (χ2n) is 3.95. The summed E-state index contributed by atoms with van der Waals surface area (Å²) in [6.45, 7) is 3.74. The molecule has 0 aromatic carbocycles. The number of rotatable bonds is 2. The maximum atomic E-state index is 5.68. The fourth-order valence-corrected chi connectivity index (χ4v) is 1.80. The SMILES string of the molecule is CC1(c2nc(CCl)co2)CCOCC1. The predicted octanol–water partition coefficient (Wildman–Crippen LogP) is 2.48. The molecule has 0 radical (unpaired) electrons. The highest BCUT2D eigenvalue weighted by atomic mass is 35.5. The van der Waals surface area contributed by atoms with E-state index in [1.807, 2.05) is 0 Å². The van der Waals surface area contributed by atoms with Crippen LogP contribution in [0.25, 0.3) is 0 Å². The lowest BCUT2D eigenvalue weighted by Crippen LogP contribution is -2.30. The van der Waals surface area contributed by atoms with Crippen molar-refractivity contribution in [3.8, 4) is 0 Å². The van der Waals surface area contributed by atoms with Crippen molar-refractivity contribution in [2.75, 3.05) is 13.2 Å². The Bertz CT molecular complexity index is 305. The summed E-state index contributed by atoms with van der Waals surface area (Å²) in [4.78, 5) is 4.37. The van der Waals surface area contributed by atoms with Crippen LogP contribution in [0.4, 0.5) is 0 Å². The van der Waals surface area contributed by atoms with Gasteiger partial charge >= 0.3 is 0 Å². The van der Waals surface area contributed by atoms with Gasteiger partial charge in [0.05, 0.1) is 11.6 Å². The quantitative estimate of drug-likeness (QED) is 0.711. The smallest absolute Gasteiger partial charge is 0.200 e. The van der Waals surface area contributed by atoms with Gasteiger partial charge in [-0.2, -0.15) is 0 Å². The van der Waals surface area contributed by atoms with Crippen LogP contribution in [0.2, 0.25) is 0 Å². The summed E-state index contributed by atoms with van der Waals surface area (Å²) in [6, 6.07) is 0. The average molecular weight is 216 g/mol. The van der Waals surface area contributed by atoms with Gasteiger partial charge in [-0.1, -0.05) is 6.92 Å². The number of aromatic nitrogens is 1. The van der Waals surface area contributed by atoms with Crippen LogP contribution in [-0.4, -0.2) is 18.2 Å². The molecule has 1 aromatic rings. The third kappa shape index (κ3) is 1.79. The fraction of sp³-hybridized carbons (Fsp3) is 0.700. The van der Waals surface area contributed by atoms with E-state index in [-0.39, 0.29) is 5.41 Å². The Labute approximate surface area is 88.4 Å². The van der Waals surface area contributed by atoms with Crippen LogP contribution < -0.4 is 0 Å². The number of ether oxygens (including phenoxy) is 1. The van der Waals surface area contributed by atoms with Crippen LogP contribution >= 0.6 is 11.6 Å². The molecule has 4 heteroatoms. The first kappa shape index (κ1) is 9.99. The topological polar surface area (TPSA) is 35.3 Å². The van der Waals surface area contributed by atoms with Gasteiger partial charge in [0.2, 0.25) is 0 Å². The van der Waals surface area contributed by atoms with E-state index in [1.165, 1.54) is 0 Å². The number of hydrogen-bond donors (Lipinski definition) is 0. The van der Waals surface area contributed by atoms with Crippen molar-refractivity contribution < 1.29 is 9.15 Å². The maximum absolute atomic E-state index is 5.68. The van der Waals surface area contributed by atoms with Crippen LogP contribution in [0.15, 0.2) is 10.7 Å². The third-order valence-corrected chi connectivity index (χ3v) is 3.08. The highest BCUT2D eigenvalue weighted by Crippen LogP contribution is 2.33. The van der Waals surface area contributed by atoms with Crippen LogP contribution in [0, 0.1) is 0 Å². The first-order valence-corrected chi connectivity index (χ1v) is 5.37. The largest absolute Gasteiger partial charge is 0.448 e. The number of oxazole rings is 1. The molecule has 2 rings (SSSR count). The van der Waals surface area contributed by atoms with Crippen LogP contribution in [0.5, 0.6) is 0 Å². The highest BCUT2D eigenvalue weighted by molar-refractivity contribution is 6.16. The molecule has 0 atom stereocenters. The molecular weight excluding hydrogens is 202 g/mol. The Kier molecular flexibility index (Phi) is 2.79. The average Bonchev–Trinajstić information content (AvgIpc) is 2.67. The molecule has 2 heterocycles. The number of alkyl halides is 1. The van der Waals surface area contributed by atoms with Crippen LogP contribution in [-0.2, 0) is 16.0 Å². The van der Waals surface area contributed by atoms with Crippen molar-refractivity contribution in [3.63, 3.8) is 0 Å². The van der Waals surface area contributed by atoms with E-state index in [4.69, 9.17) is 20.8 Å². The highest BCUT2D eigenvalue weighted by Gasteiger charge is 2.33. The molecule has 0 spiro atoms. The fourth-order valence-electron chi connectivity index (χ4n) is 1.68. The molecule has 0 unspecified atom stereocenters. The summed E-state index contributed by atoms with van der Waals surface area (Å²) in [7, 11) is 0. The molecular formula is C10H14ClNO2. The molecule has 0 aliphatic carbocycles. The van der Waals surface area contributed by atoms with Crippen LogP contribution in [0.3, 0.4) is 0 Å². The maximum Gasteiger partial charge on any atom is 0.200 e. The summed E-state index contributed by atoms with van der Waals surface area (Å²) in [5, 5.41) is 0. The first-order valence-electron chi connectivity index (χ1n) is 4.83. The normalized spacial score (nSPS) is 21.0. The Balaban J connectivity index is 2.19. The molecule has 1 saturated heterocycles. The summed E-state index contributed by atoms with van der Waals surface area (Å²) in [6.07, 6.45) is 3.58. The summed E-state index contributed by atoms with van der Waals surface area (Å²) < 4.78 is 10.8. The monoisotopic (exact) mass is 215 g/mol. The molecule has 1 aliphatic rings. The standard InChI is InChI=1S/C10H14ClNO2/c1-10(2-4-13-5-3-10)9-12-8(6-11)7-14-9/h7H,2-6H2,1H3. The number of halogens is 1. The van der Waals surface area contributed by atoms with Crippen molar-refractivity contribution in [2.24, 2.45) is 0 Å². The van der Waals surface area contributed by atoms with Gasteiger partial charge < -0.3 is 9.15 Å². The minimum Gasteiger partial charge on any atom is -0.448 e. The molecule has 0 N–H and O–H groups in total. The molecule has 1 fully saturated rings. The van der Waals surface area contributed by atoms with Gasteiger partial charge in [0.25, 0.3) is 0 Å². The minimum absolute atomic E-state index is 0.0303. The number of hydrogen-bond acceptors (Lipinski definition) is 3. The second-order valence-corrected chi connectivity index (χ2v) is 4.22. The molecule has 1 aromatic heterocycles. The molecule has 0 amide bonds. The lowest BCUT2D eigenvalue weighted by Gasteiger charge is -2.30. The van der Waals surface area contributed by atoms with Crippen LogP contribution in [0.1, 0.15) is 31.4 Å². The lowest BCUT2D eigenvalue weighted by molar-refractivity contribution is 0.0470. The van der Waals surface area contributed by atoms with Gasteiger partial charge in [-0.25, -0.2) is 4.98 Å². The zero-order chi connectivity index (χ0) is 10.0. The van der Waals surface area contributed by atoms with E-state index >= 15 is 0 Å². The van der Waals surface area contributed by atoms with Gasteiger partial charge in [0.15, 0.2) is 5.89 Å². The van der Waals surface area contributed by atoms with Crippen molar-refractivity contribution in [1.82, 2.24) is 4.98 Å².